The summed E-state index contributed by atoms with van der Waals surface area (Å²) >= 11 is 41.1. The van der Waals surface area contributed by atoms with Gasteiger partial charge in [0.05, 0.1) is 28.1 Å². The Labute approximate surface area is 152 Å². The first-order valence-electron chi connectivity index (χ1n) is 5.00. The molecule has 0 aromatic rings. The molecule has 116 valence electrons. The minimum absolute atomic E-state index is 0.0665. The maximum atomic E-state index is 11.9. The van der Waals surface area contributed by atoms with Crippen LogP contribution in [0.2, 0.25) is 0 Å². The Morgan fingerprint density at radius 1 is 0.947 bits per heavy atom. The van der Waals surface area contributed by atoms with Crippen molar-refractivity contribution in [3.63, 3.8) is 0 Å². The Hall–Kier alpha value is 2.57. The lowest BCUT2D eigenvalue weighted by Crippen LogP contribution is -2.21. The summed E-state index contributed by atoms with van der Waals surface area (Å²) in [5.74, 6) is -2.79. The molecule has 0 saturated heterocycles. The first-order valence-corrected chi connectivity index (χ1v) is 11.9. The normalized spacial score (nSPS) is 21.4. The molecule has 0 N–H and O–H groups in total. The number of hydrogen-bond donors (Lipinski definition) is 0. The predicted molar refractivity (Wildman–Crippen MR) is 91.9 cm³/mol. The van der Waals surface area contributed by atoms with E-state index in [0.717, 1.165) is 11.4 Å². The zero-order valence-electron chi connectivity index (χ0n) is 9.46. The molecule has 0 spiro atoms. The molecule has 0 saturated carbocycles. The topological polar surface area (TPSA) is 26.3 Å². The Morgan fingerprint density at radius 3 is 1.89 bits per heavy atom. The van der Waals surface area contributed by atoms with Gasteiger partial charge in [-0.3, -0.25) is 4.57 Å². The standard InChI is InChI=1S/C8H12Cl7O2PS/c9-1-5(11)7(13)3-17-18(15,16)19-4-8(14)6(12)2-10/h5-8H,1-4H2. The van der Waals surface area contributed by atoms with Gasteiger partial charge in [-0.1, -0.05) is 11.4 Å². The number of alkyl halides is 6. The Morgan fingerprint density at radius 2 is 1.42 bits per heavy atom. The lowest BCUT2D eigenvalue weighted by molar-refractivity contribution is 0.331. The van der Waals surface area contributed by atoms with Gasteiger partial charge in [0.25, 0.3) is 0 Å². The van der Waals surface area contributed by atoms with Crippen molar-refractivity contribution in [3.8, 4) is 0 Å². The number of rotatable bonds is 10. The van der Waals surface area contributed by atoms with Crippen molar-refractivity contribution in [1.82, 2.24) is 0 Å². The van der Waals surface area contributed by atoms with Crippen LogP contribution in [0.15, 0.2) is 0 Å². The second-order valence-electron chi connectivity index (χ2n) is 3.39. The fraction of sp³-hybridized carbons (Fsp3) is 1.00. The molecule has 0 heterocycles. The molecule has 5 unspecified atom stereocenters. The summed E-state index contributed by atoms with van der Waals surface area (Å²) in [5.41, 5.74) is 0. The lowest BCUT2D eigenvalue weighted by Gasteiger charge is -2.18. The van der Waals surface area contributed by atoms with Crippen molar-refractivity contribution in [2.24, 2.45) is 0 Å². The van der Waals surface area contributed by atoms with E-state index in [0.29, 0.717) is 0 Å². The molecule has 0 bridgehead atoms. The van der Waals surface area contributed by atoms with E-state index >= 15 is 0 Å². The minimum atomic E-state index is -3.38. The summed E-state index contributed by atoms with van der Waals surface area (Å²) in [6, 6.07) is 0. The van der Waals surface area contributed by atoms with Gasteiger partial charge in [0.2, 0.25) is 0 Å². The van der Waals surface area contributed by atoms with Crippen LogP contribution in [0.4, 0.5) is 0 Å². The summed E-state index contributed by atoms with van der Waals surface area (Å²) in [4.78, 5) is 0. The highest BCUT2D eigenvalue weighted by atomic mass is 35.7. The lowest BCUT2D eigenvalue weighted by atomic mass is 10.3. The van der Waals surface area contributed by atoms with Crippen molar-refractivity contribution in [2.75, 3.05) is 24.1 Å². The fourth-order valence-corrected chi connectivity index (χ4v) is 5.49. The van der Waals surface area contributed by atoms with Gasteiger partial charge in [-0.2, -0.15) is 0 Å². The number of hydrogen-bond acceptors (Lipinski definition) is 3. The Bertz CT molecular complexity index is 274. The van der Waals surface area contributed by atoms with Crippen molar-refractivity contribution < 1.29 is 9.09 Å². The highest BCUT2D eigenvalue weighted by Gasteiger charge is 2.27. The van der Waals surface area contributed by atoms with E-state index in [9.17, 15) is 4.57 Å². The van der Waals surface area contributed by atoms with Crippen LogP contribution in [0.25, 0.3) is 0 Å². The van der Waals surface area contributed by atoms with Crippen LogP contribution >= 0.6 is 98.2 Å². The molecule has 0 rings (SSSR count). The monoisotopic (exact) mass is 448 g/mol. The predicted octanol–water partition coefficient (Wildman–Crippen LogP) is 5.99. The van der Waals surface area contributed by atoms with E-state index in [1.54, 1.807) is 0 Å². The van der Waals surface area contributed by atoms with Crippen molar-refractivity contribution in [1.29, 1.82) is 0 Å². The van der Waals surface area contributed by atoms with Gasteiger partial charge >= 0.3 is 5.92 Å². The maximum absolute atomic E-state index is 11.9. The van der Waals surface area contributed by atoms with Gasteiger partial charge in [-0.05, 0) is 11.2 Å². The summed E-state index contributed by atoms with van der Waals surface area (Å²) in [6.07, 6.45) is 0. The minimum Gasteiger partial charge on any atom is -0.308 e. The van der Waals surface area contributed by atoms with Crippen LogP contribution in [0, 0.1) is 0 Å². The van der Waals surface area contributed by atoms with E-state index in [1.165, 1.54) is 0 Å². The van der Waals surface area contributed by atoms with Crippen molar-refractivity contribution in [3.05, 3.63) is 0 Å². The Kier molecular flexibility index (Phi) is 12.7. The highest BCUT2D eigenvalue weighted by Crippen LogP contribution is 2.64. The van der Waals surface area contributed by atoms with Crippen LogP contribution < -0.4 is 0 Å². The van der Waals surface area contributed by atoms with Gasteiger partial charge in [-0.15, -0.1) is 69.6 Å². The van der Waals surface area contributed by atoms with E-state index < -0.39 is 27.4 Å². The summed E-state index contributed by atoms with van der Waals surface area (Å²) in [6.45, 7) is -0.0665. The molecule has 0 aromatic heterocycles. The largest absolute Gasteiger partial charge is 0.346 e. The zero-order valence-corrected chi connectivity index (χ0v) is 16.5. The molecule has 0 amide bonds. The average Bonchev–Trinajstić information content (AvgIpc) is 2.40. The second-order valence-corrected chi connectivity index (χ2v) is 12.1. The van der Waals surface area contributed by atoms with Gasteiger partial charge < -0.3 is 4.52 Å². The summed E-state index contributed by atoms with van der Waals surface area (Å²) in [5, 5.41) is -1.97. The highest BCUT2D eigenvalue weighted by molar-refractivity contribution is 8.63. The molecular weight excluding hydrogens is 439 g/mol. The summed E-state index contributed by atoms with van der Waals surface area (Å²) in [7, 11) is 0. The molecule has 0 radical (unpaired) electrons. The third-order valence-corrected chi connectivity index (χ3v) is 9.22. The SMILES string of the molecule is O=P(Cl)(OCC(Cl)C(Cl)CCl)SCC(Cl)C(Cl)CCl. The van der Waals surface area contributed by atoms with Crippen LogP contribution in [0.5, 0.6) is 0 Å². The third kappa shape index (κ3) is 10.0. The molecular formula is C8H12Cl7O2PS. The zero-order chi connectivity index (χ0) is 15.1. The Balaban J connectivity index is 4.08. The molecule has 0 aliphatic rings. The van der Waals surface area contributed by atoms with Crippen LogP contribution in [-0.4, -0.2) is 45.6 Å². The van der Waals surface area contributed by atoms with E-state index in [1.807, 2.05) is 0 Å². The first kappa shape index (κ1) is 21.6. The maximum Gasteiger partial charge on any atom is 0.346 e. The molecule has 2 nitrogen and oxygen atoms in total. The van der Waals surface area contributed by atoms with Crippen LogP contribution in [0.3, 0.4) is 0 Å². The third-order valence-electron chi connectivity index (χ3n) is 1.86. The second kappa shape index (κ2) is 11.2. The molecule has 11 heteroatoms. The van der Waals surface area contributed by atoms with Gasteiger partial charge in [0.1, 0.15) is 0 Å². The molecule has 5 atom stereocenters. The van der Waals surface area contributed by atoms with Gasteiger partial charge in [0, 0.05) is 17.5 Å². The van der Waals surface area contributed by atoms with E-state index in [4.69, 9.17) is 85.4 Å². The van der Waals surface area contributed by atoms with E-state index in [-0.39, 0.29) is 24.1 Å². The van der Waals surface area contributed by atoms with Gasteiger partial charge in [-0.25, -0.2) is 0 Å². The summed E-state index contributed by atoms with van der Waals surface area (Å²) < 4.78 is 16.9. The first-order chi connectivity index (χ1) is 8.73. The van der Waals surface area contributed by atoms with Crippen LogP contribution in [-0.2, 0) is 9.09 Å². The van der Waals surface area contributed by atoms with Crippen LogP contribution in [0.1, 0.15) is 0 Å². The molecule has 19 heavy (non-hydrogen) atoms. The van der Waals surface area contributed by atoms with E-state index in [2.05, 4.69) is 0 Å². The molecule has 0 aromatic carbocycles. The molecule has 0 fully saturated rings. The smallest absolute Gasteiger partial charge is 0.308 e. The van der Waals surface area contributed by atoms with Crippen molar-refractivity contribution in [2.45, 2.75) is 21.5 Å². The molecule has 0 aliphatic heterocycles. The number of halogens is 7. The van der Waals surface area contributed by atoms with Gasteiger partial charge in [0.15, 0.2) is 0 Å². The van der Waals surface area contributed by atoms with Crippen molar-refractivity contribution >= 4 is 98.2 Å². The quantitative estimate of drug-likeness (QED) is 0.302. The average molecular weight is 451 g/mol. The fourth-order valence-electron chi connectivity index (χ4n) is 0.760. The molecule has 0 aliphatic carbocycles.